The summed E-state index contributed by atoms with van der Waals surface area (Å²) in [5.41, 5.74) is 9.47. The fourth-order valence-corrected chi connectivity index (χ4v) is 3.20. The van der Waals surface area contributed by atoms with E-state index in [9.17, 15) is 0 Å². The topological polar surface area (TPSA) is 43.8 Å². The zero-order valence-corrected chi connectivity index (χ0v) is 13.5. The molecule has 0 radical (unpaired) electrons. The number of fused-ring (bicyclic) bond motifs is 1. The predicted octanol–water partition coefficient (Wildman–Crippen LogP) is 3.62. The molecule has 0 bridgehead atoms. The van der Waals surface area contributed by atoms with Crippen molar-refractivity contribution in [3.05, 3.63) is 64.4 Å². The van der Waals surface area contributed by atoms with Crippen LogP contribution in [0, 0.1) is 0 Å². The van der Waals surface area contributed by atoms with Crippen LogP contribution in [0.25, 0.3) is 11.0 Å². The van der Waals surface area contributed by atoms with Crippen LogP contribution >= 0.6 is 15.9 Å². The molecule has 108 valence electrons. The Balaban J connectivity index is 1.96. The van der Waals surface area contributed by atoms with Crippen LogP contribution in [0.5, 0.6) is 0 Å². The van der Waals surface area contributed by atoms with Crippen LogP contribution in [0.1, 0.15) is 17.3 Å². The van der Waals surface area contributed by atoms with Crippen LogP contribution in [-0.2, 0) is 13.5 Å². The molecule has 1 unspecified atom stereocenters. The second kappa shape index (κ2) is 6.00. The number of imidazole rings is 1. The number of benzene rings is 2. The number of hydrogen-bond acceptors (Lipinski definition) is 2. The van der Waals surface area contributed by atoms with Gasteiger partial charge in [-0.05, 0) is 36.2 Å². The lowest BCUT2D eigenvalue weighted by atomic mass is 9.98. The number of hydrogen-bond donors (Lipinski definition) is 1. The molecule has 0 spiro atoms. The number of rotatable bonds is 4. The smallest absolute Gasteiger partial charge is 0.114 e. The van der Waals surface area contributed by atoms with Crippen LogP contribution < -0.4 is 5.73 Å². The number of halogens is 1. The molecule has 3 nitrogen and oxygen atoms in total. The Labute approximate surface area is 132 Å². The van der Waals surface area contributed by atoms with Crippen LogP contribution in [0.15, 0.2) is 53.0 Å². The van der Waals surface area contributed by atoms with Crippen molar-refractivity contribution in [1.29, 1.82) is 0 Å². The van der Waals surface area contributed by atoms with E-state index in [1.165, 1.54) is 5.56 Å². The number of para-hydroxylation sites is 2. The van der Waals surface area contributed by atoms with Crippen molar-refractivity contribution in [2.75, 3.05) is 6.54 Å². The van der Waals surface area contributed by atoms with Gasteiger partial charge in [-0.1, -0.05) is 40.2 Å². The zero-order chi connectivity index (χ0) is 14.8. The molecule has 3 aromatic rings. The third-order valence-corrected chi connectivity index (χ3v) is 4.34. The molecule has 0 amide bonds. The van der Waals surface area contributed by atoms with E-state index in [0.29, 0.717) is 6.54 Å². The second-order valence-electron chi connectivity index (χ2n) is 5.28. The Morgan fingerprint density at radius 1 is 1.19 bits per heavy atom. The minimum Gasteiger partial charge on any atom is -0.331 e. The highest BCUT2D eigenvalue weighted by Crippen LogP contribution is 2.24. The first kappa shape index (κ1) is 14.3. The predicted molar refractivity (Wildman–Crippen MR) is 90.4 cm³/mol. The molecule has 1 atom stereocenters. The summed E-state index contributed by atoms with van der Waals surface area (Å²) in [4.78, 5) is 4.77. The summed E-state index contributed by atoms with van der Waals surface area (Å²) < 4.78 is 3.26. The fourth-order valence-electron chi connectivity index (χ4n) is 2.76. The van der Waals surface area contributed by atoms with Crippen molar-refractivity contribution in [2.45, 2.75) is 12.3 Å². The van der Waals surface area contributed by atoms with Crippen LogP contribution in [-0.4, -0.2) is 16.1 Å². The summed E-state index contributed by atoms with van der Waals surface area (Å²) in [6.07, 6.45) is 0.896. The van der Waals surface area contributed by atoms with Gasteiger partial charge in [0.15, 0.2) is 0 Å². The van der Waals surface area contributed by atoms with Gasteiger partial charge in [0.1, 0.15) is 5.82 Å². The van der Waals surface area contributed by atoms with Crippen molar-refractivity contribution in [1.82, 2.24) is 9.55 Å². The van der Waals surface area contributed by atoms with Gasteiger partial charge in [0.05, 0.1) is 11.0 Å². The number of nitrogens with two attached hydrogens (primary N) is 1. The number of aryl methyl sites for hydroxylation is 1. The van der Waals surface area contributed by atoms with Gasteiger partial charge in [-0.15, -0.1) is 0 Å². The number of nitrogens with zero attached hydrogens (tertiary/aromatic N) is 2. The summed E-state index contributed by atoms with van der Waals surface area (Å²) in [6.45, 7) is 0.587. The maximum atomic E-state index is 6.02. The summed E-state index contributed by atoms with van der Waals surface area (Å²) in [5.74, 6) is 1.27. The van der Waals surface area contributed by atoms with Gasteiger partial charge in [0.25, 0.3) is 0 Å². The first-order valence-corrected chi connectivity index (χ1v) is 7.84. The van der Waals surface area contributed by atoms with E-state index in [4.69, 9.17) is 10.7 Å². The summed E-state index contributed by atoms with van der Waals surface area (Å²) >= 11 is 3.52. The highest BCUT2D eigenvalue weighted by atomic mass is 79.9. The molecule has 0 aliphatic heterocycles. The standard InChI is InChI=1S/C17H18BrN3/c1-21-16-8-3-2-7-15(16)20-17(21)13(11-19)9-12-5-4-6-14(18)10-12/h2-8,10,13H,9,11,19H2,1H3. The highest BCUT2D eigenvalue weighted by Gasteiger charge is 2.18. The quantitative estimate of drug-likeness (QED) is 0.786. The molecule has 1 aromatic heterocycles. The van der Waals surface area contributed by atoms with E-state index >= 15 is 0 Å². The zero-order valence-electron chi connectivity index (χ0n) is 12.0. The summed E-state index contributed by atoms with van der Waals surface area (Å²) in [5, 5.41) is 0. The van der Waals surface area contributed by atoms with Gasteiger partial charge in [-0.3, -0.25) is 0 Å². The Bertz CT molecular complexity index is 764. The Hall–Kier alpha value is -1.65. The normalized spacial score (nSPS) is 12.7. The van der Waals surface area contributed by atoms with Crippen molar-refractivity contribution in [3.8, 4) is 0 Å². The molecule has 2 aromatic carbocycles. The fraction of sp³-hybridized carbons (Fsp3) is 0.235. The average Bonchev–Trinajstić information content (AvgIpc) is 2.82. The van der Waals surface area contributed by atoms with E-state index in [-0.39, 0.29) is 5.92 Å². The largest absolute Gasteiger partial charge is 0.331 e. The molecule has 0 saturated heterocycles. The van der Waals surface area contributed by atoms with E-state index in [1.807, 2.05) is 24.3 Å². The Morgan fingerprint density at radius 3 is 2.71 bits per heavy atom. The van der Waals surface area contributed by atoms with Gasteiger partial charge in [0, 0.05) is 24.0 Å². The van der Waals surface area contributed by atoms with Gasteiger partial charge < -0.3 is 10.3 Å². The van der Waals surface area contributed by atoms with Gasteiger partial charge in [0.2, 0.25) is 0 Å². The Kier molecular flexibility index (Phi) is 4.08. The third-order valence-electron chi connectivity index (χ3n) is 3.84. The molecular weight excluding hydrogens is 326 g/mol. The van der Waals surface area contributed by atoms with Gasteiger partial charge in [-0.2, -0.15) is 0 Å². The molecule has 1 heterocycles. The maximum Gasteiger partial charge on any atom is 0.114 e. The molecule has 0 saturated carbocycles. The molecule has 0 aliphatic rings. The van der Waals surface area contributed by atoms with Crippen molar-refractivity contribution < 1.29 is 0 Å². The molecule has 3 rings (SSSR count). The molecule has 0 fully saturated rings. The van der Waals surface area contributed by atoms with Crippen LogP contribution in [0.4, 0.5) is 0 Å². The van der Waals surface area contributed by atoms with E-state index in [2.05, 4.69) is 51.8 Å². The van der Waals surface area contributed by atoms with Crippen LogP contribution in [0.2, 0.25) is 0 Å². The Morgan fingerprint density at radius 2 is 2.00 bits per heavy atom. The van der Waals surface area contributed by atoms with Crippen LogP contribution in [0.3, 0.4) is 0 Å². The summed E-state index contributed by atoms with van der Waals surface area (Å²) in [6, 6.07) is 16.6. The van der Waals surface area contributed by atoms with Crippen molar-refractivity contribution in [3.63, 3.8) is 0 Å². The van der Waals surface area contributed by atoms with Crippen molar-refractivity contribution in [2.24, 2.45) is 12.8 Å². The summed E-state index contributed by atoms with van der Waals surface area (Å²) in [7, 11) is 2.06. The minimum atomic E-state index is 0.219. The third kappa shape index (κ3) is 2.87. The molecule has 2 N–H and O–H groups in total. The van der Waals surface area contributed by atoms with E-state index in [1.54, 1.807) is 0 Å². The van der Waals surface area contributed by atoms with Gasteiger partial charge in [-0.25, -0.2) is 4.98 Å². The molecule has 21 heavy (non-hydrogen) atoms. The molecule has 0 aliphatic carbocycles. The monoisotopic (exact) mass is 343 g/mol. The lowest BCUT2D eigenvalue weighted by molar-refractivity contribution is 0.622. The second-order valence-corrected chi connectivity index (χ2v) is 6.20. The first-order chi connectivity index (χ1) is 10.2. The van der Waals surface area contributed by atoms with Gasteiger partial charge >= 0.3 is 0 Å². The average molecular weight is 344 g/mol. The van der Waals surface area contributed by atoms with E-state index < -0.39 is 0 Å². The lowest BCUT2D eigenvalue weighted by Gasteiger charge is -2.15. The maximum absolute atomic E-state index is 6.02. The first-order valence-electron chi connectivity index (χ1n) is 7.05. The van der Waals surface area contributed by atoms with Crippen molar-refractivity contribution >= 4 is 27.0 Å². The lowest BCUT2D eigenvalue weighted by Crippen LogP contribution is -2.18. The minimum absolute atomic E-state index is 0.219. The van der Waals surface area contributed by atoms with E-state index in [0.717, 1.165) is 27.8 Å². The number of aromatic nitrogens is 2. The SMILES string of the molecule is Cn1c(C(CN)Cc2cccc(Br)c2)nc2ccccc21. The molecule has 4 heteroatoms. The highest BCUT2D eigenvalue weighted by molar-refractivity contribution is 9.10. The molecular formula is C17H18BrN3.